The van der Waals surface area contributed by atoms with E-state index in [1.165, 1.54) is 38.5 Å². The summed E-state index contributed by atoms with van der Waals surface area (Å²) < 4.78 is 2.27. The Kier molecular flexibility index (Phi) is 7.54. The van der Waals surface area contributed by atoms with Gasteiger partial charge < -0.3 is 24.8 Å². The zero-order chi connectivity index (χ0) is 12.4. The van der Waals surface area contributed by atoms with Gasteiger partial charge in [-0.3, -0.25) is 0 Å². The first kappa shape index (κ1) is 18.5. The van der Waals surface area contributed by atoms with Crippen LogP contribution in [0.25, 0.3) is 0 Å². The maximum absolute atomic E-state index is 2.67. The van der Waals surface area contributed by atoms with Gasteiger partial charge in [0.15, 0.2) is 0 Å². The maximum atomic E-state index is 2.67. The summed E-state index contributed by atoms with van der Waals surface area (Å²) in [7, 11) is 0. The van der Waals surface area contributed by atoms with Crippen molar-refractivity contribution in [1.82, 2.24) is 0 Å². The zero-order valence-corrected chi connectivity index (χ0v) is 16.0. The van der Waals surface area contributed by atoms with Crippen LogP contribution in [0.1, 0.15) is 45.4 Å². The van der Waals surface area contributed by atoms with Gasteiger partial charge in [-0.15, -0.1) is 0 Å². The van der Waals surface area contributed by atoms with Crippen molar-refractivity contribution in [3.63, 3.8) is 0 Å². The molecule has 0 aromatic carbocycles. The van der Waals surface area contributed by atoms with E-state index in [0.29, 0.717) is 3.12 Å². The first-order valence-electron chi connectivity index (χ1n) is 7.37. The van der Waals surface area contributed by atoms with Gasteiger partial charge in [0, 0.05) is 0 Å². The summed E-state index contributed by atoms with van der Waals surface area (Å²) in [5, 5.41) is 0. The molecule has 1 atom stereocenters. The summed E-state index contributed by atoms with van der Waals surface area (Å²) in [4.78, 5) is 0. The first-order chi connectivity index (χ1) is 8.81. The van der Waals surface area contributed by atoms with Gasteiger partial charge in [-0.1, -0.05) is 0 Å². The van der Waals surface area contributed by atoms with E-state index < -0.39 is 23.2 Å². The molecule has 3 rings (SSSR count). The van der Waals surface area contributed by atoms with Crippen LogP contribution < -0.4 is 24.8 Å². The number of rotatable bonds is 4. The summed E-state index contributed by atoms with van der Waals surface area (Å²) >= 11 is -0.478. The normalized spacial score (nSPS) is 27.6. The predicted molar refractivity (Wildman–Crippen MR) is 74.0 cm³/mol. The van der Waals surface area contributed by atoms with Gasteiger partial charge in [0.1, 0.15) is 0 Å². The van der Waals surface area contributed by atoms with Gasteiger partial charge in [-0.05, 0) is 0 Å². The third-order valence-corrected chi connectivity index (χ3v) is 9.05. The molecule has 0 aromatic heterocycles. The van der Waals surface area contributed by atoms with Crippen LogP contribution in [0, 0.1) is 5.92 Å². The zero-order valence-electron chi connectivity index (χ0n) is 12.0. The molecule has 3 aliphatic carbocycles. The monoisotopic (exact) mass is 386 g/mol. The van der Waals surface area contributed by atoms with Crippen LogP contribution >= 0.6 is 0 Å². The van der Waals surface area contributed by atoms with Crippen molar-refractivity contribution in [3.05, 3.63) is 45.3 Å². The number of hydrogen-bond donors (Lipinski definition) is 0. The largest absolute Gasteiger partial charge is 1.00 e. The fourth-order valence-electron chi connectivity index (χ4n) is 3.38. The minimum absolute atomic E-state index is 0. The van der Waals surface area contributed by atoms with Gasteiger partial charge in [-0.25, -0.2) is 0 Å². The molecule has 0 spiro atoms. The Bertz CT molecular complexity index is 442. The molecular formula is C17H22Cl2Zr. The minimum Gasteiger partial charge on any atom is -1.00 e. The second-order valence-corrected chi connectivity index (χ2v) is 10.3. The fourth-order valence-corrected chi connectivity index (χ4v) is 7.26. The van der Waals surface area contributed by atoms with Crippen LogP contribution in [0.4, 0.5) is 0 Å². The molecule has 0 nitrogen and oxygen atoms in total. The van der Waals surface area contributed by atoms with E-state index in [9.17, 15) is 0 Å². The molecule has 108 valence electrons. The molecule has 0 N–H and O–H groups in total. The Morgan fingerprint density at radius 1 is 1.25 bits per heavy atom. The number of halogens is 2. The Morgan fingerprint density at radius 3 is 2.60 bits per heavy atom. The average Bonchev–Trinajstić information content (AvgIpc) is 3.11. The molecule has 0 amide bonds. The van der Waals surface area contributed by atoms with Crippen LogP contribution in [0.5, 0.6) is 0 Å². The van der Waals surface area contributed by atoms with E-state index >= 15 is 0 Å². The molecule has 0 heterocycles. The summed E-state index contributed by atoms with van der Waals surface area (Å²) in [6.45, 7) is 2.38. The maximum Gasteiger partial charge on any atom is -1.00 e. The molecular weight excluding hydrogens is 366 g/mol. The summed E-state index contributed by atoms with van der Waals surface area (Å²) in [5.74, 6) is 0.893. The van der Waals surface area contributed by atoms with Crippen LogP contribution in [-0.2, 0) is 23.2 Å². The van der Waals surface area contributed by atoms with Gasteiger partial charge in [0.2, 0.25) is 0 Å². The Balaban J connectivity index is 0.000001000. The van der Waals surface area contributed by atoms with Crippen LogP contribution in [0.15, 0.2) is 45.3 Å². The predicted octanol–water partition coefficient (Wildman–Crippen LogP) is -0.824. The molecule has 1 fully saturated rings. The fraction of sp³-hybridized carbons (Fsp3) is 0.529. The van der Waals surface area contributed by atoms with Gasteiger partial charge in [-0.2, -0.15) is 0 Å². The van der Waals surface area contributed by atoms with Gasteiger partial charge in [0.05, 0.1) is 0 Å². The van der Waals surface area contributed by atoms with Crippen LogP contribution in [0.2, 0.25) is 3.12 Å². The molecule has 3 heteroatoms. The van der Waals surface area contributed by atoms with Crippen molar-refractivity contribution in [2.45, 2.75) is 48.6 Å². The molecule has 20 heavy (non-hydrogen) atoms. The standard InChI is InChI=1S/C12H17.C5H5.2ClH.Zr/c1-2-10-7-8-12(9-10)11-5-3-4-6-11;1-2-4-5-3-1;;;/h7-9,11H,2-6H2,1H3;1-3H,4H2;2*1H;/q;;;;+2/p-2. The molecule has 1 unspecified atom stereocenters. The van der Waals surface area contributed by atoms with Crippen LogP contribution in [-0.4, -0.2) is 0 Å². The summed E-state index contributed by atoms with van der Waals surface area (Å²) in [6.07, 6.45) is 23.0. The van der Waals surface area contributed by atoms with E-state index in [4.69, 9.17) is 0 Å². The van der Waals surface area contributed by atoms with Gasteiger partial charge >= 0.3 is 123 Å². The second kappa shape index (κ2) is 8.16. The molecule has 3 aliphatic rings. The number of hydrogen-bond acceptors (Lipinski definition) is 0. The van der Waals surface area contributed by atoms with E-state index in [-0.39, 0.29) is 24.8 Å². The van der Waals surface area contributed by atoms with E-state index in [0.717, 1.165) is 5.92 Å². The first-order valence-corrected chi connectivity index (χ1v) is 9.83. The van der Waals surface area contributed by atoms with Crippen molar-refractivity contribution < 1.29 is 48.0 Å². The Hall–Kier alpha value is 0.423. The van der Waals surface area contributed by atoms with Crippen molar-refractivity contribution in [1.29, 1.82) is 0 Å². The van der Waals surface area contributed by atoms with Gasteiger partial charge in [0.25, 0.3) is 0 Å². The van der Waals surface area contributed by atoms with Crippen LogP contribution in [0.3, 0.4) is 0 Å². The van der Waals surface area contributed by atoms with E-state index in [1.54, 1.807) is 8.85 Å². The second-order valence-electron chi connectivity index (χ2n) is 5.80. The molecule has 1 saturated carbocycles. The molecule has 0 bridgehead atoms. The number of allylic oxidation sites excluding steroid dienone is 8. The van der Waals surface area contributed by atoms with Crippen molar-refractivity contribution in [2.75, 3.05) is 0 Å². The minimum atomic E-state index is -0.478. The Labute approximate surface area is 147 Å². The van der Waals surface area contributed by atoms with Crippen molar-refractivity contribution in [3.8, 4) is 0 Å². The summed E-state index contributed by atoms with van der Waals surface area (Å²) in [5.41, 5.74) is 1.68. The summed E-state index contributed by atoms with van der Waals surface area (Å²) in [6, 6.07) is 0. The van der Waals surface area contributed by atoms with Crippen molar-refractivity contribution in [2.24, 2.45) is 5.92 Å². The molecule has 0 saturated heterocycles. The van der Waals surface area contributed by atoms with E-state index in [1.807, 2.05) is 0 Å². The third-order valence-electron chi connectivity index (χ3n) is 4.57. The molecule has 0 aromatic rings. The quantitative estimate of drug-likeness (QED) is 0.590. The smallest absolute Gasteiger partial charge is 1.00 e. The molecule has 0 radical (unpaired) electrons. The van der Waals surface area contributed by atoms with E-state index in [2.05, 4.69) is 43.4 Å². The molecule has 0 aliphatic heterocycles. The Morgan fingerprint density at radius 2 is 2.00 bits per heavy atom. The van der Waals surface area contributed by atoms with Crippen molar-refractivity contribution >= 4 is 0 Å². The SMILES string of the molecule is CC[C]1([Zr+2][C]2=CC=CC2)C=CC(C2CCCC2)=C1.[Cl-].[Cl-]. The third kappa shape index (κ3) is 3.99. The topological polar surface area (TPSA) is 0 Å². The average molecular weight is 388 g/mol.